The molecule has 2 heteroatoms. The molecule has 1 saturated heterocycles. The highest BCUT2D eigenvalue weighted by Crippen LogP contribution is 2.55. The summed E-state index contributed by atoms with van der Waals surface area (Å²) in [5.41, 5.74) is 3.69. The van der Waals surface area contributed by atoms with Crippen molar-refractivity contribution >= 4 is 12.4 Å². The standard InChI is InChI=1S/C15H21N.ClH/c1-12-3-2-4-13(9-12)14-10-15(11-14)5-7-16-8-6-15;/h2-4,9,14,16H,5-8,10-11H2,1H3;1H. The second-order valence-corrected chi connectivity index (χ2v) is 5.77. The number of benzene rings is 1. The lowest BCUT2D eigenvalue weighted by molar-refractivity contribution is 0.0604. The summed E-state index contributed by atoms with van der Waals surface area (Å²) in [5, 5.41) is 3.47. The normalized spacial score (nSPS) is 22.9. The van der Waals surface area contributed by atoms with Crippen LogP contribution in [-0.4, -0.2) is 13.1 Å². The summed E-state index contributed by atoms with van der Waals surface area (Å²) in [7, 11) is 0. The maximum Gasteiger partial charge on any atom is -0.00436 e. The Balaban J connectivity index is 0.00000108. The second kappa shape index (κ2) is 4.99. The average Bonchev–Trinajstić information content (AvgIpc) is 2.27. The molecule has 0 unspecified atom stereocenters. The van der Waals surface area contributed by atoms with Crippen LogP contribution in [0.4, 0.5) is 0 Å². The van der Waals surface area contributed by atoms with E-state index in [9.17, 15) is 0 Å². The first kappa shape index (κ1) is 12.9. The number of aryl methyl sites for hydroxylation is 1. The summed E-state index contributed by atoms with van der Waals surface area (Å²) in [6, 6.07) is 9.09. The number of nitrogens with one attached hydrogen (secondary N) is 1. The fourth-order valence-corrected chi connectivity index (χ4v) is 3.51. The molecule has 1 aromatic carbocycles. The van der Waals surface area contributed by atoms with Gasteiger partial charge in [0.25, 0.3) is 0 Å². The van der Waals surface area contributed by atoms with Gasteiger partial charge in [-0.15, -0.1) is 12.4 Å². The quantitative estimate of drug-likeness (QED) is 0.803. The van der Waals surface area contributed by atoms with Crippen LogP contribution in [0, 0.1) is 12.3 Å². The molecule has 0 aromatic heterocycles. The van der Waals surface area contributed by atoms with Crippen LogP contribution in [0.15, 0.2) is 24.3 Å². The van der Waals surface area contributed by atoms with E-state index in [0.29, 0.717) is 5.41 Å². The molecule has 17 heavy (non-hydrogen) atoms. The Morgan fingerprint density at radius 3 is 2.53 bits per heavy atom. The van der Waals surface area contributed by atoms with E-state index >= 15 is 0 Å². The van der Waals surface area contributed by atoms with Crippen LogP contribution in [0.5, 0.6) is 0 Å². The Kier molecular flexibility index (Phi) is 3.79. The zero-order valence-corrected chi connectivity index (χ0v) is 11.4. The maximum absolute atomic E-state index is 3.47. The van der Waals surface area contributed by atoms with Crippen molar-refractivity contribution in [2.24, 2.45) is 5.41 Å². The Morgan fingerprint density at radius 2 is 1.88 bits per heavy atom. The maximum atomic E-state index is 3.47. The highest BCUT2D eigenvalue weighted by molar-refractivity contribution is 5.85. The third kappa shape index (κ3) is 2.51. The van der Waals surface area contributed by atoms with E-state index < -0.39 is 0 Å². The molecule has 1 spiro atoms. The van der Waals surface area contributed by atoms with E-state index in [0.717, 1.165) is 5.92 Å². The minimum absolute atomic E-state index is 0. The first-order valence-electron chi connectivity index (χ1n) is 6.55. The Morgan fingerprint density at radius 1 is 1.18 bits per heavy atom. The molecule has 1 aliphatic heterocycles. The van der Waals surface area contributed by atoms with Gasteiger partial charge in [0.1, 0.15) is 0 Å². The molecule has 0 radical (unpaired) electrons. The van der Waals surface area contributed by atoms with Gasteiger partial charge in [-0.25, -0.2) is 0 Å². The van der Waals surface area contributed by atoms with E-state index in [1.165, 1.54) is 44.3 Å². The van der Waals surface area contributed by atoms with Gasteiger partial charge < -0.3 is 5.32 Å². The molecule has 1 heterocycles. The van der Waals surface area contributed by atoms with Gasteiger partial charge in [-0.2, -0.15) is 0 Å². The predicted molar refractivity (Wildman–Crippen MR) is 74.9 cm³/mol. The van der Waals surface area contributed by atoms with Crippen molar-refractivity contribution < 1.29 is 0 Å². The topological polar surface area (TPSA) is 12.0 Å². The van der Waals surface area contributed by atoms with Crippen molar-refractivity contribution in [3.05, 3.63) is 35.4 Å². The summed E-state index contributed by atoms with van der Waals surface area (Å²) in [4.78, 5) is 0. The monoisotopic (exact) mass is 251 g/mol. The van der Waals surface area contributed by atoms with Gasteiger partial charge in [-0.3, -0.25) is 0 Å². The summed E-state index contributed by atoms with van der Waals surface area (Å²) < 4.78 is 0. The van der Waals surface area contributed by atoms with Gasteiger partial charge >= 0.3 is 0 Å². The molecule has 94 valence electrons. The molecular formula is C15H22ClN. The van der Waals surface area contributed by atoms with Gasteiger partial charge in [-0.05, 0) is 62.6 Å². The Bertz CT molecular complexity index is 374. The molecule has 2 aliphatic rings. The molecule has 1 N–H and O–H groups in total. The van der Waals surface area contributed by atoms with Gasteiger partial charge in [0.15, 0.2) is 0 Å². The third-order valence-corrected chi connectivity index (χ3v) is 4.54. The van der Waals surface area contributed by atoms with Crippen molar-refractivity contribution in [2.75, 3.05) is 13.1 Å². The SMILES string of the molecule is Cc1cccc(C2CC3(CCNCC3)C2)c1.Cl. The largest absolute Gasteiger partial charge is 0.317 e. The van der Waals surface area contributed by atoms with Crippen LogP contribution < -0.4 is 5.32 Å². The molecule has 1 nitrogen and oxygen atoms in total. The molecule has 0 atom stereocenters. The Labute approximate surface area is 110 Å². The van der Waals surface area contributed by atoms with Crippen LogP contribution in [0.2, 0.25) is 0 Å². The molecule has 2 fully saturated rings. The fraction of sp³-hybridized carbons (Fsp3) is 0.600. The van der Waals surface area contributed by atoms with Gasteiger partial charge in [0.2, 0.25) is 0 Å². The molecular weight excluding hydrogens is 230 g/mol. The second-order valence-electron chi connectivity index (χ2n) is 5.77. The van der Waals surface area contributed by atoms with E-state index in [2.05, 4.69) is 36.5 Å². The zero-order chi connectivity index (χ0) is 11.0. The lowest BCUT2D eigenvalue weighted by Gasteiger charge is -2.50. The first-order chi connectivity index (χ1) is 7.77. The fourth-order valence-electron chi connectivity index (χ4n) is 3.51. The minimum atomic E-state index is 0. The molecule has 0 amide bonds. The van der Waals surface area contributed by atoms with Crippen molar-refractivity contribution in [3.8, 4) is 0 Å². The third-order valence-electron chi connectivity index (χ3n) is 4.54. The van der Waals surface area contributed by atoms with Crippen LogP contribution in [0.1, 0.15) is 42.7 Å². The molecule has 0 bridgehead atoms. The highest BCUT2D eigenvalue weighted by atomic mass is 35.5. The average molecular weight is 252 g/mol. The van der Waals surface area contributed by atoms with Gasteiger partial charge in [0, 0.05) is 0 Å². The van der Waals surface area contributed by atoms with E-state index in [-0.39, 0.29) is 12.4 Å². The smallest absolute Gasteiger partial charge is 0.00436 e. The van der Waals surface area contributed by atoms with Crippen molar-refractivity contribution in [2.45, 2.75) is 38.5 Å². The van der Waals surface area contributed by atoms with Crippen molar-refractivity contribution in [3.63, 3.8) is 0 Å². The number of hydrogen-bond donors (Lipinski definition) is 1. The molecule has 1 aliphatic carbocycles. The number of piperidine rings is 1. The summed E-state index contributed by atoms with van der Waals surface area (Å²) in [6.45, 7) is 4.67. The molecule has 1 saturated carbocycles. The van der Waals surface area contributed by atoms with E-state index in [1.54, 1.807) is 5.56 Å². The summed E-state index contributed by atoms with van der Waals surface area (Å²) in [6.07, 6.45) is 5.65. The predicted octanol–water partition coefficient (Wildman–Crippen LogP) is 3.66. The van der Waals surface area contributed by atoms with Crippen LogP contribution in [0.3, 0.4) is 0 Å². The molecule has 1 aromatic rings. The first-order valence-corrected chi connectivity index (χ1v) is 6.55. The molecule has 3 rings (SSSR count). The van der Waals surface area contributed by atoms with E-state index in [1.807, 2.05) is 0 Å². The lowest BCUT2D eigenvalue weighted by atomic mass is 9.56. The Hall–Kier alpha value is -0.530. The zero-order valence-electron chi connectivity index (χ0n) is 10.5. The highest BCUT2D eigenvalue weighted by Gasteiger charge is 2.44. The minimum Gasteiger partial charge on any atom is -0.317 e. The van der Waals surface area contributed by atoms with E-state index in [4.69, 9.17) is 0 Å². The van der Waals surface area contributed by atoms with Crippen molar-refractivity contribution in [1.29, 1.82) is 0 Å². The van der Waals surface area contributed by atoms with Crippen LogP contribution in [0.25, 0.3) is 0 Å². The lowest BCUT2D eigenvalue weighted by Crippen LogP contribution is -2.44. The van der Waals surface area contributed by atoms with Gasteiger partial charge in [-0.1, -0.05) is 29.8 Å². The van der Waals surface area contributed by atoms with Crippen LogP contribution >= 0.6 is 12.4 Å². The number of hydrogen-bond acceptors (Lipinski definition) is 1. The number of rotatable bonds is 1. The summed E-state index contributed by atoms with van der Waals surface area (Å²) >= 11 is 0. The number of halogens is 1. The van der Waals surface area contributed by atoms with Crippen molar-refractivity contribution in [1.82, 2.24) is 5.32 Å². The van der Waals surface area contributed by atoms with Gasteiger partial charge in [0.05, 0.1) is 0 Å². The summed E-state index contributed by atoms with van der Waals surface area (Å²) in [5.74, 6) is 0.845. The van der Waals surface area contributed by atoms with Crippen LogP contribution in [-0.2, 0) is 0 Å².